The fourth-order valence-electron chi connectivity index (χ4n) is 18.4. The summed E-state index contributed by atoms with van der Waals surface area (Å²) in [5.74, 6) is -4.75. The predicted octanol–water partition coefficient (Wildman–Crippen LogP) is 18.5. The van der Waals surface area contributed by atoms with E-state index >= 15 is 9.59 Å². The van der Waals surface area contributed by atoms with E-state index in [4.69, 9.17) is 18.9 Å². The molecule has 0 fully saturated rings. The second-order valence-corrected chi connectivity index (χ2v) is 33.8. The second-order valence-electron chi connectivity index (χ2n) is 33.8. The Morgan fingerprint density at radius 3 is 0.574 bits per heavy atom. The molecule has 0 aliphatic rings. The van der Waals surface area contributed by atoms with E-state index in [-0.39, 0.29) is 141 Å². The van der Waals surface area contributed by atoms with E-state index in [0.717, 1.165) is 109 Å². The zero-order valence-corrected chi connectivity index (χ0v) is 75.2. The van der Waals surface area contributed by atoms with E-state index in [2.05, 4.69) is 21.3 Å². The van der Waals surface area contributed by atoms with Gasteiger partial charge in [0.25, 0.3) is 11.8 Å². The highest BCUT2D eigenvalue weighted by molar-refractivity contribution is 6.12. The molecule has 4 N–H and O–H groups in total. The van der Waals surface area contributed by atoms with Crippen molar-refractivity contribution in [3.8, 4) is 0 Å². The number of rotatable bonds is 42. The maximum atomic E-state index is 15.3. The lowest BCUT2D eigenvalue weighted by atomic mass is 10.1. The van der Waals surface area contributed by atoms with Crippen molar-refractivity contribution < 1.29 is 66.9 Å². The van der Waals surface area contributed by atoms with Crippen molar-refractivity contribution >= 4 is 147 Å². The van der Waals surface area contributed by atoms with Gasteiger partial charge in [0.2, 0.25) is 23.6 Å². The van der Waals surface area contributed by atoms with Crippen LogP contribution in [0, 0.1) is 0 Å². The first kappa shape index (κ1) is 91.6. The highest BCUT2D eigenvalue weighted by Gasteiger charge is 2.34. The number of hydrogen-bond acceptors (Lipinski definition) is 14. The van der Waals surface area contributed by atoms with E-state index in [1.165, 1.54) is 34.1 Å². The summed E-state index contributed by atoms with van der Waals surface area (Å²) >= 11 is 0. The van der Waals surface area contributed by atoms with Crippen LogP contribution in [0.5, 0.6) is 0 Å². The number of hydrogen-bond donors (Lipinski definition) is 4. The molecule has 17 rings (SSSR count). The molecular formula is C112H104N10O14. The van der Waals surface area contributed by atoms with Gasteiger partial charge in [0.05, 0.1) is 0 Å². The molecule has 686 valence electrons. The number of carbonyl (C=O) groups is 10. The van der Waals surface area contributed by atoms with Gasteiger partial charge in [-0.3, -0.25) is 28.8 Å². The Kier molecular flexibility index (Phi) is 29.6. The van der Waals surface area contributed by atoms with Crippen LogP contribution < -0.4 is 21.3 Å². The van der Waals surface area contributed by atoms with Crippen molar-refractivity contribution in [3.05, 3.63) is 373 Å². The largest absolute Gasteiger partial charge is 0.459 e. The number of nitrogens with one attached hydrogen (secondary N) is 4. The van der Waals surface area contributed by atoms with Gasteiger partial charge in [-0.2, -0.15) is 0 Å². The van der Waals surface area contributed by atoms with Crippen LogP contribution in [0.3, 0.4) is 0 Å². The van der Waals surface area contributed by atoms with Crippen LogP contribution in [0.15, 0.2) is 340 Å². The van der Waals surface area contributed by atoms with E-state index in [1.54, 1.807) is 0 Å². The molecule has 0 unspecified atom stereocenters. The van der Waals surface area contributed by atoms with Crippen LogP contribution in [-0.4, -0.2) is 140 Å². The monoisotopic (exact) mass is 1810 g/mol. The molecule has 0 spiro atoms. The minimum atomic E-state index is -0.931. The Balaban J connectivity index is 0.612. The number of fused-ring (bicyclic) bond motifs is 12. The predicted molar refractivity (Wildman–Crippen MR) is 526 cm³/mol. The molecule has 0 aliphatic carbocycles. The molecule has 0 radical (unpaired) electrons. The molecule has 24 heteroatoms. The summed E-state index contributed by atoms with van der Waals surface area (Å²) in [4.78, 5) is 149. The summed E-state index contributed by atoms with van der Waals surface area (Å²) < 4.78 is 31.9. The summed E-state index contributed by atoms with van der Waals surface area (Å²) in [7, 11) is 0. The van der Waals surface area contributed by atoms with Crippen molar-refractivity contribution in [1.29, 1.82) is 0 Å². The molecule has 13 aromatic carbocycles. The number of benzene rings is 13. The van der Waals surface area contributed by atoms with Crippen molar-refractivity contribution in [2.75, 3.05) is 52.4 Å². The molecule has 4 heterocycles. The van der Waals surface area contributed by atoms with Crippen molar-refractivity contribution in [2.45, 2.75) is 102 Å². The van der Waals surface area contributed by atoms with Gasteiger partial charge in [-0.1, -0.05) is 267 Å². The molecule has 17 aromatic rings. The third-order valence-corrected chi connectivity index (χ3v) is 25.0. The zero-order chi connectivity index (χ0) is 93.6. The maximum absolute atomic E-state index is 15.3. The first-order valence-electron chi connectivity index (χ1n) is 46.2. The fraction of sp³-hybridized carbons (Fsp3) is 0.214. The van der Waals surface area contributed by atoms with Gasteiger partial charge < -0.3 is 68.3 Å². The Morgan fingerprint density at radius 2 is 0.390 bits per heavy atom. The minimum absolute atomic E-state index is 0.0127. The van der Waals surface area contributed by atoms with Crippen LogP contribution in [0.4, 0.5) is 0 Å². The maximum Gasteiger partial charge on any atom is 0.329 e. The van der Waals surface area contributed by atoms with E-state index < -0.39 is 83.5 Å². The Hall–Kier alpha value is -16.2. The van der Waals surface area contributed by atoms with Crippen LogP contribution in [-0.2, 0) is 83.7 Å². The fourth-order valence-corrected chi connectivity index (χ4v) is 18.4. The third kappa shape index (κ3) is 21.4. The minimum Gasteiger partial charge on any atom is -0.459 e. The lowest BCUT2D eigenvalue weighted by Gasteiger charge is -2.25. The molecule has 0 bridgehead atoms. The van der Waals surface area contributed by atoms with Gasteiger partial charge in [0.15, 0.2) is 0 Å². The standard InChI is InChI=1S/C112H104N10O14/c123-103(61-57-99(109(129)133-73-77-29-5-1-6-30-77)119-91-45-21-13-37-83(91)84-38-14-22-46-92(84)119)113-65-69-117(70-66-114-104(124)62-58-100(110(130)134-74-78-31-7-2-8-32-78)120-93-47-23-15-39-85(93)86-40-16-24-48-94(86)120)107(127)81-53-55-82(56-54-81)108(128)118(71-67-115-105(125)63-59-101(111(131)135-75-79-33-9-3-10-34-79)121-95-49-25-17-41-87(95)88-42-18-26-50-96(88)121)72-68-116-106(126)64-60-102(112(132)136-76-80-35-11-4-12-36-80)122-97-51-27-19-43-89(97)90-44-20-28-52-98(90)122/h1-56,99-102H,57-76H2,(H,113,123)(H,114,124)(H,115,125)(H,116,126)/t99-,100-,101-,102-/m0/s1. The van der Waals surface area contributed by atoms with E-state index in [0.29, 0.717) is 0 Å². The molecule has 4 atom stereocenters. The van der Waals surface area contributed by atoms with Crippen molar-refractivity contribution in [1.82, 2.24) is 49.3 Å². The molecule has 0 aliphatic heterocycles. The summed E-state index contributed by atoms with van der Waals surface area (Å²) in [6.45, 7) is -0.461. The summed E-state index contributed by atoms with van der Waals surface area (Å²) in [6.07, 6.45) is -0.271. The van der Waals surface area contributed by atoms with Gasteiger partial charge in [-0.15, -0.1) is 0 Å². The number of nitrogens with zero attached hydrogens (tertiary/aromatic N) is 6. The van der Waals surface area contributed by atoms with Crippen LogP contribution in [0.2, 0.25) is 0 Å². The number of esters is 4. The SMILES string of the molecule is O=C(CC[C@@H](C(=O)OCc1ccccc1)n1c2ccccc2c2ccccc21)NCCN(CCNC(=O)CC[C@@H](C(=O)OCc1ccccc1)n1c2ccccc2c2ccccc21)C(=O)c1ccc(C(=O)N(CCNC(=O)CC[C@@H](C(=O)OCc2ccccc2)n2c3ccccc3c3ccccc32)CCNC(=O)CC[C@@H](C(=O)OCc2ccccc2)n2c3ccccc3c3ccccc32)cc1. The summed E-state index contributed by atoms with van der Waals surface area (Å²) in [6, 6.07) is 102. The Morgan fingerprint density at radius 1 is 0.221 bits per heavy atom. The molecule has 4 aromatic heterocycles. The number of para-hydroxylation sites is 8. The topological polar surface area (TPSA) is 282 Å². The molecular weight excluding hydrogens is 1710 g/mol. The van der Waals surface area contributed by atoms with Crippen LogP contribution in [0.1, 0.15) is 119 Å². The molecule has 24 nitrogen and oxygen atoms in total. The van der Waals surface area contributed by atoms with Crippen molar-refractivity contribution in [2.24, 2.45) is 0 Å². The second kappa shape index (κ2) is 43.9. The smallest absolute Gasteiger partial charge is 0.329 e. The Labute approximate surface area is 785 Å². The molecule has 0 saturated heterocycles. The first-order valence-corrected chi connectivity index (χ1v) is 46.2. The number of aromatic nitrogens is 4. The van der Waals surface area contributed by atoms with Gasteiger partial charge in [-0.05, 0) is 121 Å². The van der Waals surface area contributed by atoms with Gasteiger partial charge in [0.1, 0.15) is 50.6 Å². The third-order valence-electron chi connectivity index (χ3n) is 25.0. The number of carbonyl (C=O) groups excluding carboxylic acids is 10. The van der Waals surface area contributed by atoms with E-state index in [9.17, 15) is 38.4 Å². The first-order chi connectivity index (χ1) is 66.7. The molecule has 0 saturated carbocycles. The number of ether oxygens (including phenoxy) is 4. The highest BCUT2D eigenvalue weighted by Crippen LogP contribution is 2.40. The average molecular weight is 1810 g/mol. The van der Waals surface area contributed by atoms with Gasteiger partial charge in [0, 0.05) is 176 Å². The quantitative estimate of drug-likeness (QED) is 0.0204. The van der Waals surface area contributed by atoms with Gasteiger partial charge >= 0.3 is 23.9 Å². The molecule has 6 amide bonds. The highest BCUT2D eigenvalue weighted by atomic mass is 16.5. The average Bonchev–Trinajstić information content (AvgIpc) is 1.62. The zero-order valence-electron chi connectivity index (χ0n) is 75.2. The van der Waals surface area contributed by atoms with Gasteiger partial charge in [-0.25, -0.2) is 19.2 Å². The van der Waals surface area contributed by atoms with Crippen LogP contribution >= 0.6 is 0 Å². The summed E-state index contributed by atoms with van der Waals surface area (Å²) in [5, 5.41) is 19.4. The lowest BCUT2D eigenvalue weighted by molar-refractivity contribution is -0.150. The van der Waals surface area contributed by atoms with Crippen molar-refractivity contribution in [3.63, 3.8) is 0 Å². The molecule has 136 heavy (non-hydrogen) atoms. The summed E-state index contributed by atoms with van der Waals surface area (Å²) in [5.41, 5.74) is 9.81. The lowest BCUT2D eigenvalue weighted by Crippen LogP contribution is -2.43. The Bertz CT molecular complexity index is 6150. The normalized spacial score (nSPS) is 12.3. The number of amides is 6. The van der Waals surface area contributed by atoms with E-state index in [1.807, 2.05) is 334 Å². The van der Waals surface area contributed by atoms with Crippen LogP contribution in [0.25, 0.3) is 87.2 Å².